The molecule has 0 aromatic carbocycles. The lowest BCUT2D eigenvalue weighted by Gasteiger charge is -2.42. The number of rotatable bonds is 13. The maximum absolute atomic E-state index is 13.5. The number of ether oxygens (including phenoxy) is 1. The summed E-state index contributed by atoms with van der Waals surface area (Å²) in [5, 5.41) is 31.3. The van der Waals surface area contributed by atoms with Gasteiger partial charge in [-0.15, -0.1) is 0 Å². The Morgan fingerprint density at radius 2 is 1.27 bits per heavy atom. The summed E-state index contributed by atoms with van der Waals surface area (Å²) in [6, 6.07) is 8.74. The van der Waals surface area contributed by atoms with E-state index in [1.807, 2.05) is 4.57 Å². The lowest BCUT2D eigenvalue weighted by molar-refractivity contribution is 0.0898. The molecule has 2 atom stereocenters. The van der Waals surface area contributed by atoms with Gasteiger partial charge in [0.1, 0.15) is 65.5 Å². The minimum atomic E-state index is -1.20. The first kappa shape index (κ1) is 49.1. The topological polar surface area (TPSA) is 214 Å². The van der Waals surface area contributed by atoms with Crippen molar-refractivity contribution in [1.82, 2.24) is 57.8 Å². The van der Waals surface area contributed by atoms with E-state index >= 15 is 0 Å². The van der Waals surface area contributed by atoms with Crippen molar-refractivity contribution in [3.63, 3.8) is 0 Å². The van der Waals surface area contributed by atoms with E-state index in [1.54, 1.807) is 55.1 Å². The molecule has 8 aromatic rings. The van der Waals surface area contributed by atoms with Gasteiger partial charge in [0.25, 0.3) is 11.1 Å². The highest BCUT2D eigenvalue weighted by atomic mass is 35.5. The molecule has 0 unspecified atom stereocenters. The zero-order chi connectivity index (χ0) is 47.0. The Labute approximate surface area is 426 Å². The average Bonchev–Trinajstić information content (AvgIpc) is 4.14. The van der Waals surface area contributed by atoms with Crippen molar-refractivity contribution in [2.24, 2.45) is 11.8 Å². The van der Waals surface area contributed by atoms with Gasteiger partial charge in [-0.1, -0.05) is 42.8 Å². The standard InChI is InChI=1S/C26H31ClN8O2Si.C20H17ClN8O.2H2S/c1-38(2,3)11-10-37-16-32-14-18(12-28)21-24(32)29-15-30-25(21)33-8-7-20(33)23-31-35-9-6-19(27)22(35)26(36)34(23)13-17-4-5-17;21-13-3-6-29-16(13)20(30)28(9-11-1-2-11)18(26-29)14-4-5-27(14)19-15-12(7-22)8-23-17(15)24-10-25-19;;/h6,9,14-15,17,20H,4-5,7-8,10-11,13,16H2,1-3H3;3,6,8,10-11,14H,1-2,4-5,9H2,(H,23,24,25);2*1H2/t20-;14-;;/m00../s1. The Bertz CT molecular complexity index is 3500. The molecule has 0 radical (unpaired) electrons. The summed E-state index contributed by atoms with van der Waals surface area (Å²) in [7, 11) is -1.20. The number of nitrogens with zero attached hydrogens (tertiary/aromatic N) is 15. The van der Waals surface area contributed by atoms with Gasteiger partial charge in [-0.2, -0.15) is 47.7 Å². The zero-order valence-electron chi connectivity index (χ0n) is 38.8. The second kappa shape index (κ2) is 19.4. The van der Waals surface area contributed by atoms with Crippen LogP contribution in [0.5, 0.6) is 0 Å². The lowest BCUT2D eigenvalue weighted by Crippen LogP contribution is -2.45. The molecule has 0 amide bonds. The van der Waals surface area contributed by atoms with Crippen molar-refractivity contribution in [3.8, 4) is 12.1 Å². The number of aromatic amines is 1. The van der Waals surface area contributed by atoms with Gasteiger partial charge >= 0.3 is 0 Å². The maximum atomic E-state index is 13.5. The number of nitriles is 2. The Morgan fingerprint density at radius 1 is 0.743 bits per heavy atom. The number of aromatic nitrogens is 12. The highest BCUT2D eigenvalue weighted by Crippen LogP contribution is 2.42. The van der Waals surface area contributed by atoms with E-state index in [0.29, 0.717) is 116 Å². The summed E-state index contributed by atoms with van der Waals surface area (Å²) >= 11 is 12.6. The van der Waals surface area contributed by atoms with Gasteiger partial charge in [-0.25, -0.2) is 29.0 Å². The van der Waals surface area contributed by atoms with Crippen LogP contribution in [0.15, 0.2) is 59.2 Å². The molecule has 12 rings (SSSR count). The van der Waals surface area contributed by atoms with Gasteiger partial charge in [0.2, 0.25) is 0 Å². The Kier molecular flexibility index (Phi) is 13.6. The first-order valence-electron chi connectivity index (χ1n) is 23.0. The van der Waals surface area contributed by atoms with Crippen LogP contribution in [-0.4, -0.2) is 85.6 Å². The van der Waals surface area contributed by atoms with Crippen LogP contribution in [-0.2, 0) is 24.6 Å². The van der Waals surface area contributed by atoms with E-state index in [9.17, 15) is 20.1 Å². The van der Waals surface area contributed by atoms with E-state index in [4.69, 9.17) is 38.1 Å². The molecular formula is C46H52Cl2N16O3S2Si. The molecule has 24 heteroatoms. The first-order chi connectivity index (χ1) is 32.9. The third-order valence-electron chi connectivity index (χ3n) is 13.5. The first-order valence-corrected chi connectivity index (χ1v) is 27.5. The molecule has 0 spiro atoms. The SMILES string of the molecule is C[Si](C)(C)CCOCn1cc(C#N)c2c(N3CC[C@H]3c3nn4ccc(Cl)c4c(=O)n3CC3CC3)ncnc21.N#Cc1c[nH]c2ncnc(N3CC[C@H]3c3nn4ccc(Cl)c4c(=O)n3CC3CC3)c12.S.S. The van der Waals surface area contributed by atoms with E-state index < -0.39 is 8.07 Å². The lowest BCUT2D eigenvalue weighted by atomic mass is 10.0. The van der Waals surface area contributed by atoms with Crippen LogP contribution in [0.1, 0.15) is 73.4 Å². The van der Waals surface area contributed by atoms with E-state index in [-0.39, 0.29) is 50.2 Å². The van der Waals surface area contributed by atoms with Gasteiger partial charge in [0.05, 0.1) is 44.0 Å². The van der Waals surface area contributed by atoms with Crippen molar-refractivity contribution in [3.05, 3.63) is 103 Å². The molecule has 10 heterocycles. The summed E-state index contributed by atoms with van der Waals surface area (Å²) in [5.41, 5.74) is 2.89. The molecule has 8 aromatic heterocycles. The summed E-state index contributed by atoms with van der Waals surface area (Å²) in [5.74, 6) is 3.77. The normalized spacial score (nSPS) is 17.6. The largest absolute Gasteiger partial charge is 0.361 e. The van der Waals surface area contributed by atoms with Gasteiger partial charge in [0, 0.05) is 65.6 Å². The van der Waals surface area contributed by atoms with Crippen LogP contribution in [0.3, 0.4) is 0 Å². The number of halogens is 2. The second-order valence-electron chi connectivity index (χ2n) is 19.4. The van der Waals surface area contributed by atoms with E-state index in [2.05, 4.69) is 66.5 Å². The third kappa shape index (κ3) is 8.94. The Balaban J connectivity index is 0.000000173. The van der Waals surface area contributed by atoms with Crippen molar-refractivity contribution in [2.75, 3.05) is 29.5 Å². The van der Waals surface area contributed by atoms with Crippen LogP contribution < -0.4 is 20.9 Å². The molecule has 2 saturated carbocycles. The molecule has 4 fully saturated rings. The average molecular weight is 1040 g/mol. The molecule has 4 aliphatic rings. The van der Waals surface area contributed by atoms with Crippen LogP contribution in [0.2, 0.25) is 35.7 Å². The smallest absolute Gasteiger partial charge is 0.279 e. The number of fused-ring (bicyclic) bond motifs is 4. The van der Waals surface area contributed by atoms with Crippen LogP contribution in [0.25, 0.3) is 33.1 Å². The zero-order valence-corrected chi connectivity index (χ0v) is 43.3. The predicted octanol–water partition coefficient (Wildman–Crippen LogP) is 7.32. The fourth-order valence-electron chi connectivity index (χ4n) is 9.24. The fourth-order valence-corrected chi connectivity index (χ4v) is 10.4. The van der Waals surface area contributed by atoms with Crippen molar-refractivity contribution in [2.45, 2.75) is 96.1 Å². The van der Waals surface area contributed by atoms with Gasteiger partial charge in [-0.3, -0.25) is 18.7 Å². The number of anilines is 2. The molecule has 2 aliphatic carbocycles. The minimum Gasteiger partial charge on any atom is -0.361 e. The summed E-state index contributed by atoms with van der Waals surface area (Å²) < 4.78 is 14.6. The Morgan fingerprint density at radius 3 is 1.76 bits per heavy atom. The molecule has 2 saturated heterocycles. The fraction of sp³-hybridized carbons (Fsp3) is 0.435. The van der Waals surface area contributed by atoms with Crippen LogP contribution in [0.4, 0.5) is 11.6 Å². The monoisotopic (exact) mass is 1040 g/mol. The summed E-state index contributed by atoms with van der Waals surface area (Å²) in [4.78, 5) is 51.9. The van der Waals surface area contributed by atoms with Gasteiger partial charge in [0.15, 0.2) is 11.6 Å². The molecule has 70 heavy (non-hydrogen) atoms. The highest BCUT2D eigenvalue weighted by Gasteiger charge is 2.40. The van der Waals surface area contributed by atoms with Crippen molar-refractivity contribution >= 4 is 103 Å². The van der Waals surface area contributed by atoms with Crippen LogP contribution >= 0.6 is 50.2 Å². The molecular weight excluding hydrogens is 988 g/mol. The van der Waals surface area contributed by atoms with Crippen LogP contribution in [0, 0.1) is 34.5 Å². The molecule has 19 nitrogen and oxygen atoms in total. The highest BCUT2D eigenvalue weighted by molar-refractivity contribution is 7.59. The van der Waals surface area contributed by atoms with Gasteiger partial charge in [-0.05, 0) is 68.5 Å². The van der Waals surface area contributed by atoms with Gasteiger partial charge < -0.3 is 24.1 Å². The minimum absolute atomic E-state index is 0. The van der Waals surface area contributed by atoms with Crippen molar-refractivity contribution in [1.29, 1.82) is 10.5 Å². The predicted molar refractivity (Wildman–Crippen MR) is 279 cm³/mol. The van der Waals surface area contributed by atoms with E-state index in [1.165, 1.54) is 12.7 Å². The number of hydrogen-bond acceptors (Lipinski definition) is 13. The Hall–Kier alpha value is -5.88. The number of nitrogens with one attached hydrogen (secondary N) is 1. The quantitative estimate of drug-likeness (QED) is 0.0887. The molecule has 0 bridgehead atoms. The second-order valence-corrected chi connectivity index (χ2v) is 25.9. The third-order valence-corrected chi connectivity index (χ3v) is 15.8. The number of H-pyrrole nitrogens is 1. The number of hydrogen-bond donors (Lipinski definition) is 1. The molecule has 1 N–H and O–H groups in total. The summed E-state index contributed by atoms with van der Waals surface area (Å²) in [6.07, 6.45) is 16.1. The maximum Gasteiger partial charge on any atom is 0.279 e. The van der Waals surface area contributed by atoms with Crippen molar-refractivity contribution < 1.29 is 4.74 Å². The summed E-state index contributed by atoms with van der Waals surface area (Å²) in [6.45, 7) is 10.8. The molecule has 364 valence electrons. The van der Waals surface area contributed by atoms with E-state index in [0.717, 1.165) is 57.7 Å². The molecule has 2 aliphatic heterocycles.